The van der Waals surface area contributed by atoms with Gasteiger partial charge in [-0.3, -0.25) is 9.59 Å². The van der Waals surface area contributed by atoms with E-state index in [-0.39, 0.29) is 17.6 Å². The minimum atomic E-state index is -2.99. The van der Waals surface area contributed by atoms with Crippen molar-refractivity contribution in [2.75, 3.05) is 13.2 Å². The van der Waals surface area contributed by atoms with Crippen molar-refractivity contribution in [2.45, 2.75) is 91.6 Å². The molecule has 1 N–H and O–H groups in total. The molecule has 0 radical (unpaired) electrons. The molecular formula is C19H37NO6Si. The van der Waals surface area contributed by atoms with Gasteiger partial charge in [-0.1, -0.05) is 20.8 Å². The minimum absolute atomic E-state index is 0.0497. The largest absolute Gasteiger partial charge is 0.462 e. The predicted molar refractivity (Wildman–Crippen MR) is 106 cm³/mol. The van der Waals surface area contributed by atoms with Gasteiger partial charge >= 0.3 is 19.9 Å². The summed E-state index contributed by atoms with van der Waals surface area (Å²) in [5, 5.41) is 10.9. The Morgan fingerprint density at radius 2 is 1.81 bits per heavy atom. The Morgan fingerprint density at radius 1 is 1.22 bits per heavy atom. The fraction of sp³-hybridized carbons (Fsp3) is 0.895. The molecule has 0 saturated carbocycles. The summed E-state index contributed by atoms with van der Waals surface area (Å²) in [5.74, 6) is -0.426. The SMILES string of the molecule is C[C@@H](O)COC(=O)C1CCCN1O[Si](C)(CC(C)(C)C)C(=O)OC(C)(C)C. The van der Waals surface area contributed by atoms with Crippen molar-refractivity contribution in [3.05, 3.63) is 0 Å². The Bertz CT molecular complexity index is 525. The maximum atomic E-state index is 13.0. The summed E-state index contributed by atoms with van der Waals surface area (Å²) in [6.07, 6.45) is 0.669. The Kier molecular flexibility index (Phi) is 8.05. The second-order valence-electron chi connectivity index (χ2n) is 9.84. The van der Waals surface area contributed by atoms with Gasteiger partial charge in [-0.25, -0.2) is 0 Å². The minimum Gasteiger partial charge on any atom is -0.462 e. The van der Waals surface area contributed by atoms with Crippen LogP contribution < -0.4 is 0 Å². The van der Waals surface area contributed by atoms with Crippen molar-refractivity contribution in [1.29, 1.82) is 0 Å². The molecule has 1 heterocycles. The van der Waals surface area contributed by atoms with E-state index < -0.39 is 32.0 Å². The van der Waals surface area contributed by atoms with Crippen LogP contribution in [0.3, 0.4) is 0 Å². The molecule has 3 atom stereocenters. The van der Waals surface area contributed by atoms with Crippen LogP contribution in [0.25, 0.3) is 0 Å². The number of nitrogens with zero attached hydrogens (tertiary/aromatic N) is 1. The summed E-state index contributed by atoms with van der Waals surface area (Å²) in [5.41, 5.74) is -1.04. The lowest BCUT2D eigenvalue weighted by molar-refractivity contribution is -0.165. The van der Waals surface area contributed by atoms with Crippen LogP contribution in [0.2, 0.25) is 12.6 Å². The number of ether oxygens (including phenoxy) is 2. The number of rotatable bonds is 7. The maximum absolute atomic E-state index is 13.0. The van der Waals surface area contributed by atoms with Gasteiger partial charge < -0.3 is 19.1 Å². The lowest BCUT2D eigenvalue weighted by Gasteiger charge is -2.37. The predicted octanol–water partition coefficient (Wildman–Crippen LogP) is 3.44. The number of carbonyl (C=O) groups is 2. The molecule has 7 nitrogen and oxygen atoms in total. The molecule has 0 aliphatic carbocycles. The van der Waals surface area contributed by atoms with Crippen LogP contribution in [0.5, 0.6) is 0 Å². The Labute approximate surface area is 164 Å². The normalized spacial score (nSPS) is 22.2. The van der Waals surface area contributed by atoms with Gasteiger partial charge in [0, 0.05) is 6.54 Å². The van der Waals surface area contributed by atoms with Crippen molar-refractivity contribution in [2.24, 2.45) is 5.41 Å². The molecule has 0 amide bonds. The monoisotopic (exact) mass is 403 g/mol. The van der Waals surface area contributed by atoms with E-state index in [9.17, 15) is 14.7 Å². The van der Waals surface area contributed by atoms with Crippen LogP contribution in [0.15, 0.2) is 0 Å². The molecule has 1 fully saturated rings. The summed E-state index contributed by atoms with van der Waals surface area (Å²) in [6, 6.07) is 0.0129. The van der Waals surface area contributed by atoms with Crippen LogP contribution in [-0.2, 0) is 18.8 Å². The lowest BCUT2D eigenvalue weighted by Crippen LogP contribution is -2.55. The van der Waals surface area contributed by atoms with Crippen LogP contribution >= 0.6 is 0 Å². The van der Waals surface area contributed by atoms with Gasteiger partial charge in [0.05, 0.1) is 6.10 Å². The Balaban J connectivity index is 2.96. The molecule has 0 bridgehead atoms. The van der Waals surface area contributed by atoms with Crippen molar-refractivity contribution < 1.29 is 28.7 Å². The zero-order valence-electron chi connectivity index (χ0n) is 18.1. The van der Waals surface area contributed by atoms with Gasteiger partial charge in [-0.05, 0) is 58.5 Å². The van der Waals surface area contributed by atoms with E-state index in [1.54, 1.807) is 12.0 Å². The molecule has 8 heteroatoms. The molecule has 2 unspecified atom stereocenters. The van der Waals surface area contributed by atoms with E-state index in [0.29, 0.717) is 19.0 Å². The molecule has 1 aliphatic rings. The smallest absolute Gasteiger partial charge is 0.340 e. The first-order valence-electron chi connectivity index (χ1n) is 9.67. The quantitative estimate of drug-likeness (QED) is 0.515. The third-order valence-electron chi connectivity index (χ3n) is 3.96. The van der Waals surface area contributed by atoms with Gasteiger partial charge in [0.25, 0.3) is 0 Å². The van der Waals surface area contributed by atoms with E-state index in [2.05, 4.69) is 20.8 Å². The maximum Gasteiger partial charge on any atom is 0.340 e. The highest BCUT2D eigenvalue weighted by Crippen LogP contribution is 2.33. The zero-order chi connectivity index (χ0) is 21.0. The molecule has 0 aromatic rings. The van der Waals surface area contributed by atoms with Gasteiger partial charge in [0.1, 0.15) is 18.2 Å². The average molecular weight is 404 g/mol. The molecule has 0 aromatic heterocycles. The highest BCUT2D eigenvalue weighted by Gasteiger charge is 2.49. The van der Waals surface area contributed by atoms with E-state index in [1.165, 1.54) is 0 Å². The van der Waals surface area contributed by atoms with Crippen LogP contribution in [0.1, 0.15) is 61.3 Å². The van der Waals surface area contributed by atoms with Crippen molar-refractivity contribution >= 4 is 19.9 Å². The fourth-order valence-electron chi connectivity index (χ4n) is 3.18. The van der Waals surface area contributed by atoms with Crippen LogP contribution in [0, 0.1) is 5.41 Å². The number of esters is 1. The number of aliphatic hydroxyl groups is 1. The molecule has 0 aromatic carbocycles. The summed E-state index contributed by atoms with van der Waals surface area (Å²) in [7, 11) is -2.99. The first kappa shape index (κ1) is 24.1. The number of hydrogen-bond acceptors (Lipinski definition) is 7. The second-order valence-corrected chi connectivity index (χ2v) is 13.2. The van der Waals surface area contributed by atoms with E-state index in [1.807, 2.05) is 27.3 Å². The second kappa shape index (κ2) is 9.02. The fourth-order valence-corrected chi connectivity index (χ4v) is 6.75. The highest BCUT2D eigenvalue weighted by atomic mass is 28.4. The van der Waals surface area contributed by atoms with Gasteiger partial charge in [-0.2, -0.15) is 5.06 Å². The number of carbonyl (C=O) groups excluding carboxylic acids is 2. The first-order chi connectivity index (χ1) is 12.1. The molecule has 1 aliphatic heterocycles. The van der Waals surface area contributed by atoms with Crippen LogP contribution in [0.4, 0.5) is 4.79 Å². The average Bonchev–Trinajstić information content (AvgIpc) is 2.88. The standard InChI is InChI=1S/C19H37NO6Si/c1-14(21)12-24-16(22)15-10-9-11-20(15)26-27(8,13-18(2,3)4)17(23)25-19(5,6)7/h14-15,21H,9-13H2,1-8H3/t14-,15?,27?/m1/s1. The molecule has 158 valence electrons. The molecule has 1 saturated heterocycles. The van der Waals surface area contributed by atoms with Crippen molar-refractivity contribution in [3.8, 4) is 0 Å². The number of hydrogen-bond donors (Lipinski definition) is 1. The summed E-state index contributed by atoms with van der Waals surface area (Å²) >= 11 is 0. The Morgan fingerprint density at radius 3 is 2.30 bits per heavy atom. The third-order valence-corrected chi connectivity index (χ3v) is 7.30. The molecule has 0 spiro atoms. The summed E-state index contributed by atoms with van der Waals surface area (Å²) in [6.45, 7) is 15.6. The zero-order valence-corrected chi connectivity index (χ0v) is 19.1. The van der Waals surface area contributed by atoms with Gasteiger partial charge in [-0.15, -0.1) is 0 Å². The molecule has 1 rings (SSSR count). The molecule has 27 heavy (non-hydrogen) atoms. The Hall–Kier alpha value is -0.963. The van der Waals surface area contributed by atoms with E-state index in [4.69, 9.17) is 14.0 Å². The third kappa shape index (κ3) is 8.29. The van der Waals surface area contributed by atoms with Gasteiger partial charge in [0.2, 0.25) is 0 Å². The molecular weight excluding hydrogens is 366 g/mol. The first-order valence-corrected chi connectivity index (χ1v) is 12.3. The lowest BCUT2D eigenvalue weighted by atomic mass is 10.0. The topological polar surface area (TPSA) is 85.3 Å². The van der Waals surface area contributed by atoms with Crippen molar-refractivity contribution in [1.82, 2.24) is 5.06 Å². The number of aliphatic hydroxyl groups excluding tert-OH is 1. The van der Waals surface area contributed by atoms with Gasteiger partial charge in [0.15, 0.2) is 0 Å². The van der Waals surface area contributed by atoms with Crippen LogP contribution in [-0.4, -0.2) is 60.9 Å². The van der Waals surface area contributed by atoms with Crippen molar-refractivity contribution in [3.63, 3.8) is 0 Å². The summed E-state index contributed by atoms with van der Waals surface area (Å²) in [4.78, 5) is 25.4. The highest BCUT2D eigenvalue weighted by molar-refractivity contribution is 6.99. The van der Waals surface area contributed by atoms with E-state index >= 15 is 0 Å². The number of hydroxylamine groups is 2. The summed E-state index contributed by atoms with van der Waals surface area (Å²) < 4.78 is 17.1. The van der Waals surface area contributed by atoms with E-state index in [0.717, 1.165) is 6.42 Å².